The number of benzene rings is 4. The summed E-state index contributed by atoms with van der Waals surface area (Å²) in [6.45, 7) is 2.51. The maximum absolute atomic E-state index is 5.21. The van der Waals surface area contributed by atoms with Gasteiger partial charge >= 0.3 is 0 Å². The molecule has 0 bridgehead atoms. The van der Waals surface area contributed by atoms with Crippen LogP contribution >= 0.6 is 0 Å². The zero-order valence-electron chi connectivity index (χ0n) is 21.6. The van der Waals surface area contributed by atoms with Crippen LogP contribution in [0.25, 0.3) is 0 Å². The molecule has 0 saturated heterocycles. The second kappa shape index (κ2) is 12.0. The smallest absolute Gasteiger partial charge is 0.131 e. The van der Waals surface area contributed by atoms with Crippen molar-refractivity contribution < 1.29 is 9.47 Å². The van der Waals surface area contributed by atoms with Gasteiger partial charge in [-0.3, -0.25) is 15.0 Å². The average Bonchev–Trinajstić information content (AvgIpc) is 3.44. The third-order valence-corrected chi connectivity index (χ3v) is 6.32. The fourth-order valence-electron chi connectivity index (χ4n) is 4.19. The van der Waals surface area contributed by atoms with Crippen LogP contribution in [0.2, 0.25) is 0 Å². The lowest BCUT2D eigenvalue weighted by Gasteiger charge is -2.20. The number of amidine groups is 1. The molecule has 5 rings (SSSR count). The molecule has 0 unspecified atom stereocenters. The third-order valence-electron chi connectivity index (χ3n) is 6.32. The van der Waals surface area contributed by atoms with Crippen molar-refractivity contribution in [2.45, 2.75) is 6.54 Å². The molecule has 1 heterocycles. The Kier molecular flexibility index (Phi) is 7.89. The molecule has 0 atom stereocenters. The number of ether oxygens (including phenoxy) is 2. The van der Waals surface area contributed by atoms with Gasteiger partial charge in [0.15, 0.2) is 0 Å². The Balaban J connectivity index is 1.19. The van der Waals surface area contributed by atoms with Crippen LogP contribution in [0.4, 0.5) is 11.4 Å². The second-order valence-corrected chi connectivity index (χ2v) is 8.90. The molecule has 1 aliphatic heterocycles. The van der Waals surface area contributed by atoms with Crippen molar-refractivity contribution in [3.8, 4) is 11.5 Å². The predicted octanol–water partition coefficient (Wildman–Crippen LogP) is 6.47. The quantitative estimate of drug-likeness (QED) is 0.247. The number of aliphatic imine (C=N–C) groups is 3. The van der Waals surface area contributed by atoms with Crippen molar-refractivity contribution in [2.75, 3.05) is 27.3 Å². The Labute approximate surface area is 223 Å². The molecule has 190 valence electrons. The van der Waals surface area contributed by atoms with E-state index in [9.17, 15) is 0 Å². The van der Waals surface area contributed by atoms with E-state index in [4.69, 9.17) is 14.5 Å². The van der Waals surface area contributed by atoms with Crippen molar-refractivity contribution in [3.63, 3.8) is 0 Å². The van der Waals surface area contributed by atoms with Crippen molar-refractivity contribution in [3.05, 3.63) is 119 Å². The highest BCUT2D eigenvalue weighted by Crippen LogP contribution is 2.21. The van der Waals surface area contributed by atoms with Gasteiger partial charge in [-0.25, -0.2) is 0 Å². The minimum absolute atomic E-state index is 0.803. The van der Waals surface area contributed by atoms with Gasteiger partial charge in [-0.05, 0) is 102 Å². The first-order valence-electron chi connectivity index (χ1n) is 12.6. The van der Waals surface area contributed by atoms with Crippen molar-refractivity contribution in [2.24, 2.45) is 15.0 Å². The van der Waals surface area contributed by atoms with Gasteiger partial charge in [-0.15, -0.1) is 0 Å². The molecular weight excluding hydrogens is 472 g/mol. The molecule has 6 nitrogen and oxygen atoms in total. The van der Waals surface area contributed by atoms with Crippen LogP contribution in [-0.4, -0.2) is 50.5 Å². The summed E-state index contributed by atoms with van der Waals surface area (Å²) in [4.78, 5) is 16.3. The molecule has 38 heavy (non-hydrogen) atoms. The summed E-state index contributed by atoms with van der Waals surface area (Å²) in [6.07, 6.45) is 3.73. The van der Waals surface area contributed by atoms with Crippen LogP contribution in [0.1, 0.15) is 22.3 Å². The highest BCUT2D eigenvalue weighted by atomic mass is 16.5. The Hall–Kier alpha value is -4.71. The lowest BCUT2D eigenvalue weighted by Crippen LogP contribution is -2.27. The molecule has 0 fully saturated rings. The fourth-order valence-corrected chi connectivity index (χ4v) is 4.19. The molecule has 0 N–H and O–H groups in total. The van der Waals surface area contributed by atoms with Crippen LogP contribution in [0.5, 0.6) is 11.5 Å². The maximum atomic E-state index is 5.21. The number of hydrogen-bond donors (Lipinski definition) is 0. The summed E-state index contributed by atoms with van der Waals surface area (Å²) in [5.41, 5.74) is 6.21. The van der Waals surface area contributed by atoms with Crippen LogP contribution in [-0.2, 0) is 6.54 Å². The highest BCUT2D eigenvalue weighted by Gasteiger charge is 2.18. The second-order valence-electron chi connectivity index (χ2n) is 8.90. The van der Waals surface area contributed by atoms with E-state index in [2.05, 4.69) is 51.3 Å². The predicted molar refractivity (Wildman–Crippen MR) is 155 cm³/mol. The molecule has 0 saturated carbocycles. The van der Waals surface area contributed by atoms with E-state index < -0.39 is 0 Å². The molecule has 1 aliphatic rings. The van der Waals surface area contributed by atoms with Crippen LogP contribution in [0, 0.1) is 0 Å². The van der Waals surface area contributed by atoms with Crippen molar-refractivity contribution in [1.29, 1.82) is 0 Å². The summed E-state index contributed by atoms with van der Waals surface area (Å²) in [5.74, 6) is 2.70. The van der Waals surface area contributed by atoms with Crippen LogP contribution in [0.15, 0.2) is 112 Å². The summed E-state index contributed by atoms with van der Waals surface area (Å²) in [5, 5.41) is 0. The van der Waals surface area contributed by atoms with E-state index >= 15 is 0 Å². The molecule has 0 amide bonds. The van der Waals surface area contributed by atoms with E-state index in [1.165, 1.54) is 5.56 Å². The average molecular weight is 503 g/mol. The summed E-state index contributed by atoms with van der Waals surface area (Å²) in [7, 11) is 3.33. The van der Waals surface area contributed by atoms with Gasteiger partial charge in [0.1, 0.15) is 17.3 Å². The summed E-state index contributed by atoms with van der Waals surface area (Å²) < 4.78 is 10.4. The first kappa shape index (κ1) is 25.0. The standard InChI is InChI=1S/C32H30N4O2/c1-37-30-15-5-24(6-16-30)21-34-28-11-3-26(4-12-28)23-36-20-19-33-32(36)27-9-13-29(14-10-27)35-22-25-7-17-31(38-2)18-8-25/h3-18,21-22H,19-20,23H2,1-2H3. The highest BCUT2D eigenvalue weighted by molar-refractivity contribution is 6.00. The maximum Gasteiger partial charge on any atom is 0.131 e. The minimum atomic E-state index is 0.803. The summed E-state index contributed by atoms with van der Waals surface area (Å²) >= 11 is 0. The Bertz CT molecular complexity index is 1420. The number of methoxy groups -OCH3 is 2. The first-order valence-corrected chi connectivity index (χ1v) is 12.6. The van der Waals surface area contributed by atoms with E-state index in [0.717, 1.165) is 65.0 Å². The summed E-state index contributed by atoms with van der Waals surface area (Å²) in [6, 6.07) is 32.3. The number of hydrogen-bond acceptors (Lipinski definition) is 6. The number of rotatable bonds is 9. The first-order chi connectivity index (χ1) is 18.7. The van der Waals surface area contributed by atoms with Gasteiger partial charge in [-0.2, -0.15) is 0 Å². The van der Waals surface area contributed by atoms with Gasteiger partial charge in [-0.1, -0.05) is 12.1 Å². The van der Waals surface area contributed by atoms with Gasteiger partial charge in [0.25, 0.3) is 0 Å². The Morgan fingerprint density at radius 2 is 1.18 bits per heavy atom. The van der Waals surface area contributed by atoms with E-state index in [1.54, 1.807) is 14.2 Å². The molecule has 0 aromatic heterocycles. The number of nitrogens with zero attached hydrogens (tertiary/aromatic N) is 4. The van der Waals surface area contributed by atoms with Gasteiger partial charge < -0.3 is 14.4 Å². The third kappa shape index (κ3) is 6.34. The molecule has 6 heteroatoms. The molecule has 0 spiro atoms. The fraction of sp³-hybridized carbons (Fsp3) is 0.156. The van der Waals surface area contributed by atoms with Crippen LogP contribution < -0.4 is 9.47 Å². The van der Waals surface area contributed by atoms with E-state index in [0.29, 0.717) is 0 Å². The minimum Gasteiger partial charge on any atom is -0.497 e. The van der Waals surface area contributed by atoms with Gasteiger partial charge in [0, 0.05) is 31.1 Å². The van der Waals surface area contributed by atoms with Gasteiger partial charge in [0.05, 0.1) is 32.1 Å². The molecular formula is C32H30N4O2. The molecule has 4 aromatic rings. The van der Waals surface area contributed by atoms with Crippen LogP contribution in [0.3, 0.4) is 0 Å². The Morgan fingerprint density at radius 3 is 1.68 bits per heavy atom. The van der Waals surface area contributed by atoms with E-state index in [-0.39, 0.29) is 0 Å². The SMILES string of the molecule is COc1ccc(C=Nc2ccc(CN3CCN=C3c3ccc(N=Cc4ccc(OC)cc4)cc3)cc2)cc1. The van der Waals surface area contributed by atoms with Gasteiger partial charge in [0.2, 0.25) is 0 Å². The molecule has 0 aliphatic carbocycles. The van der Waals surface area contributed by atoms with Crippen molar-refractivity contribution >= 4 is 29.6 Å². The molecule has 0 radical (unpaired) electrons. The normalized spacial score (nSPS) is 13.3. The van der Waals surface area contributed by atoms with E-state index in [1.807, 2.05) is 73.1 Å². The topological polar surface area (TPSA) is 58.8 Å². The largest absolute Gasteiger partial charge is 0.497 e. The monoisotopic (exact) mass is 502 g/mol. The zero-order valence-corrected chi connectivity index (χ0v) is 21.6. The lowest BCUT2D eigenvalue weighted by molar-refractivity contribution is 0.414. The Morgan fingerprint density at radius 1 is 0.684 bits per heavy atom. The van der Waals surface area contributed by atoms with Crippen molar-refractivity contribution in [1.82, 2.24) is 4.90 Å². The zero-order chi connectivity index (χ0) is 26.2. The molecule has 4 aromatic carbocycles. The lowest BCUT2D eigenvalue weighted by atomic mass is 10.1.